The van der Waals surface area contributed by atoms with Crippen LogP contribution >= 0.6 is 45.3 Å². The Hall–Kier alpha value is -10.9. The fourth-order valence-electron chi connectivity index (χ4n) is 11.6. The van der Waals surface area contributed by atoms with E-state index in [0.29, 0.717) is 72.1 Å². The monoisotopic (exact) mass is 1600 g/mol. The van der Waals surface area contributed by atoms with E-state index in [9.17, 15) is 43.6 Å². The van der Waals surface area contributed by atoms with Crippen LogP contribution in [0, 0.1) is 5.21 Å². The van der Waals surface area contributed by atoms with Crippen molar-refractivity contribution in [3.63, 3.8) is 0 Å². The molecule has 30 heteroatoms. The third kappa shape index (κ3) is 16.8. The van der Waals surface area contributed by atoms with Crippen LogP contribution < -0.4 is 36.2 Å². The summed E-state index contributed by atoms with van der Waals surface area (Å²) in [5, 5.41) is 22.9. The quantitative estimate of drug-likeness (QED) is 0.0550. The van der Waals surface area contributed by atoms with Crippen LogP contribution in [0.15, 0.2) is 122 Å². The van der Waals surface area contributed by atoms with Crippen LogP contribution in [0.3, 0.4) is 0 Å². The van der Waals surface area contributed by atoms with E-state index in [0.717, 1.165) is 50.0 Å². The summed E-state index contributed by atoms with van der Waals surface area (Å²) in [6.45, 7) is -8.55. The van der Waals surface area contributed by atoms with Gasteiger partial charge >= 0.3 is 30.3 Å². The summed E-state index contributed by atoms with van der Waals surface area (Å²) < 4.78 is 227. The molecule has 4 aromatic carbocycles. The largest absolute Gasteiger partial charge is 0.618 e. The number of aromatic nitrogens is 4. The van der Waals surface area contributed by atoms with Gasteiger partial charge in [-0.3, -0.25) is 39.1 Å². The van der Waals surface area contributed by atoms with Crippen LogP contribution in [0.2, 0.25) is 0 Å². The molecule has 0 radical (unpaired) electrons. The first-order valence-electron chi connectivity index (χ1n) is 45.6. The van der Waals surface area contributed by atoms with E-state index in [1.807, 2.05) is 0 Å². The maximum atomic E-state index is 14.2. The van der Waals surface area contributed by atoms with Crippen molar-refractivity contribution >= 4 is 200 Å². The molecule has 4 unspecified atom stereocenters. The van der Waals surface area contributed by atoms with Gasteiger partial charge < -0.3 is 50.6 Å². The van der Waals surface area contributed by atoms with Crippen LogP contribution in [0.25, 0.3) is 84.0 Å². The van der Waals surface area contributed by atoms with Gasteiger partial charge in [-0.25, -0.2) is 33.8 Å². The second-order valence-electron chi connectivity index (χ2n) is 28.4. The van der Waals surface area contributed by atoms with E-state index in [2.05, 4.69) is 30.9 Å². The minimum atomic E-state index is -3.72. The highest BCUT2D eigenvalue weighted by atomic mass is 32.1. The number of nitrogens with zero attached hydrogens (tertiary/aromatic N) is 8. The number of pyridine rings is 4. The molecule has 15 rings (SSSR count). The van der Waals surface area contributed by atoms with Gasteiger partial charge in [-0.05, 0) is 177 Å². The van der Waals surface area contributed by atoms with Gasteiger partial charge in [0, 0.05) is 130 Å². The summed E-state index contributed by atoms with van der Waals surface area (Å²) in [6.07, 6.45) is 0.0821. The van der Waals surface area contributed by atoms with E-state index < -0.39 is 158 Å². The first-order valence-corrected chi connectivity index (χ1v) is 36.8. The first-order chi connectivity index (χ1) is 61.6. The molecule has 111 heavy (non-hydrogen) atoms. The number of hydrogen-bond donors (Lipinski definition) is 4. The van der Waals surface area contributed by atoms with Gasteiger partial charge in [0.1, 0.15) is 41.9 Å². The first kappa shape index (κ1) is 53.8. The van der Waals surface area contributed by atoms with Crippen molar-refractivity contribution in [2.24, 2.45) is 5.73 Å². The number of amides is 7. The van der Waals surface area contributed by atoms with Crippen LogP contribution in [0.5, 0.6) is 0 Å². The smallest absolute Gasteiger partial charge is 0.417 e. The molecular formula is C81H88N12O14S4. The summed E-state index contributed by atoms with van der Waals surface area (Å²) >= 11 is 3.72. The lowest BCUT2D eigenvalue weighted by molar-refractivity contribution is -0.576. The van der Waals surface area contributed by atoms with Crippen molar-refractivity contribution in [1.82, 2.24) is 30.1 Å². The fraction of sp³-hybridized carbons (Fsp3) is 0.358. The fourth-order valence-corrected chi connectivity index (χ4v) is 16.0. The van der Waals surface area contributed by atoms with E-state index in [4.69, 9.17) is 62.3 Å². The van der Waals surface area contributed by atoms with E-state index in [-0.39, 0.29) is 63.2 Å². The molecule has 3 aliphatic rings. The van der Waals surface area contributed by atoms with Gasteiger partial charge in [-0.2, -0.15) is 4.73 Å². The summed E-state index contributed by atoms with van der Waals surface area (Å²) in [7, 11) is 1.19. The van der Waals surface area contributed by atoms with Crippen molar-refractivity contribution in [1.29, 1.82) is 0 Å². The van der Waals surface area contributed by atoms with Crippen molar-refractivity contribution in [3.05, 3.63) is 147 Å². The number of carbonyl (C=O) groups is 8. The average molecular weight is 1610 g/mol. The van der Waals surface area contributed by atoms with Crippen LogP contribution in [-0.4, -0.2) is 152 Å². The number of nitrogens with one attached hydrogen (secondary N) is 3. The highest BCUT2D eigenvalue weighted by Gasteiger charge is 2.45. The number of fused-ring (bicyclic) bond motifs is 18. The molecule has 12 aromatic rings. The Morgan fingerprint density at radius 2 is 1.05 bits per heavy atom. The second kappa shape index (κ2) is 31.1. The number of carbonyl (C=O) groups excluding carboxylic acids is 8. The van der Waals surface area contributed by atoms with Crippen molar-refractivity contribution < 1.29 is 99.7 Å². The molecule has 0 spiro atoms. The van der Waals surface area contributed by atoms with Gasteiger partial charge in [0.05, 0.1) is 91.9 Å². The van der Waals surface area contributed by atoms with Crippen LogP contribution in [-0.2, 0) is 23.7 Å². The summed E-state index contributed by atoms with van der Waals surface area (Å²) in [5.41, 5.74) is 1.93. The number of thiophene rings is 4. The second-order valence-corrected chi connectivity index (χ2v) is 32.6. The van der Waals surface area contributed by atoms with Gasteiger partial charge in [0.15, 0.2) is 6.20 Å². The zero-order valence-corrected chi connectivity index (χ0v) is 64.8. The lowest BCUT2D eigenvalue weighted by Crippen LogP contribution is -2.49. The molecule has 0 aliphatic carbocycles. The molecule has 0 bridgehead atoms. The van der Waals surface area contributed by atoms with E-state index in [1.165, 1.54) is 127 Å². The molecule has 11 heterocycles. The Morgan fingerprint density at radius 1 is 0.613 bits per heavy atom. The lowest BCUT2D eigenvalue weighted by Gasteiger charge is -2.31. The maximum Gasteiger partial charge on any atom is 0.417 e. The van der Waals surface area contributed by atoms with E-state index >= 15 is 0 Å². The molecule has 0 saturated carbocycles. The molecule has 7 amide bonds. The molecule has 8 aromatic heterocycles. The zero-order valence-electron chi connectivity index (χ0n) is 85.6. The minimum Gasteiger partial charge on any atom is -0.618 e. The normalized spacial score (nSPS) is 23.7. The molecule has 26 nitrogen and oxygen atoms in total. The van der Waals surface area contributed by atoms with Crippen LogP contribution in [0.1, 0.15) is 182 Å². The van der Waals surface area contributed by atoms with Gasteiger partial charge in [-0.15, -0.1) is 45.3 Å². The predicted octanol–water partition coefficient (Wildman–Crippen LogP) is 17.2. The Labute approximate surface area is 690 Å². The van der Waals surface area contributed by atoms with Gasteiger partial charge in [-0.1, -0.05) is 18.2 Å². The lowest BCUT2D eigenvalue weighted by atomic mass is 10.1. The van der Waals surface area contributed by atoms with Crippen molar-refractivity contribution in [3.8, 4) is 0 Å². The molecule has 3 aliphatic heterocycles. The number of benzene rings is 4. The number of nitrogens with two attached hydrogens (primary N) is 1. The molecule has 0 saturated heterocycles. The predicted molar refractivity (Wildman–Crippen MR) is 439 cm³/mol. The standard InChI is InChI=1S/C25H29N3O6S.C25H29N3O5S.C16H17N3O2S.C15H13N3OS/c1-14-13-26(22(30)33-24(2,3)4)19-18-15-9-8-12-27(32)16(15)10-11-17(18)35-20(19)21(29)28(14)23(31)34-25(5,6)7;1-14-13-27(22(30)32-24(2,3)4)19-18-15-9-8-12-26-16(15)10-11-17(18)34-20(19)21(29)28(14)23(31)33-25(5,6)7;1-9(17)8-19-14-13-10-4-3-7-18-11(10)5-6-12(13)22-15(14)16(20)21-2;1-8-7-17-13-12-9-3-2-6-16-10(9)4-5-11(12)20-14(13)15(19)18-8/h8-12,14H,13H2,1-7H3;8-12,14H,13H2,1-7H3;3-7,9,19H,8,17H2,1-2H3;2-6,8,17H,7H2,1H3,(H,18,19)/i2*1D3,13D2,14D;1D3,8D2,9D;1D3,7D2,8D. The Bertz CT molecular complexity index is 6860. The summed E-state index contributed by atoms with van der Waals surface area (Å²) in [5.74, 6) is -4.18. The maximum absolute atomic E-state index is 14.2. The molecule has 0 fully saturated rings. The number of imide groups is 2. The average Bonchev–Trinajstić information content (AvgIpc) is 1.53. The number of esters is 1. The molecule has 4 atom stereocenters. The molecular weight excluding hydrogens is 1490 g/mol. The zero-order chi connectivity index (χ0) is 101. The number of anilines is 4. The van der Waals surface area contributed by atoms with Crippen molar-refractivity contribution in [2.45, 2.75) is 157 Å². The van der Waals surface area contributed by atoms with E-state index in [1.54, 1.807) is 85.2 Å². The number of methoxy groups -OCH3 is 1. The number of ether oxygens (including phenoxy) is 5. The SMILES string of the molecule is [2H]C([2H])([2H])C([2H])(N)C([2H])([2H])Nc1c(C(=O)OC)sc2ccc3ncccc3c12.[2H]C([2H])([2H])C1([2H])N(C(=O)OC(C)(C)C)C(=O)c2sc3ccc4c(ccc[n+]4[O-])c3c2N(C(=O)OC(C)(C)C)C1([2H])[2H].[2H]C([2H])([2H])C1([2H])N(C(=O)OC(C)(C)C)C(=O)c2sc3ccc4ncccc4c3c2N(C(=O)OC(C)(C)C)C1([2H])[2H].[2H]C([2H])([2H])C1([2H])NC(=O)c2sc3ccc4ncccc4c3c2NC1([2H])[2H]. The Kier molecular flexibility index (Phi) is 15.1. The molecule has 580 valence electrons. The highest BCUT2D eigenvalue weighted by Crippen LogP contribution is 2.48. The van der Waals surface area contributed by atoms with Gasteiger partial charge in [0.2, 0.25) is 5.52 Å². The highest BCUT2D eigenvalue weighted by molar-refractivity contribution is 7.23. The third-order valence-corrected chi connectivity index (χ3v) is 20.3. The Morgan fingerprint density at radius 3 is 1.51 bits per heavy atom. The topological polar surface area (TPSA) is 323 Å². The summed E-state index contributed by atoms with van der Waals surface area (Å²) in [6, 6.07) is 13.3. The number of rotatable bonds is 4. The summed E-state index contributed by atoms with van der Waals surface area (Å²) in [4.78, 5) is 121. The Balaban J connectivity index is 0.000000165. The van der Waals surface area contributed by atoms with Gasteiger partial charge in [0.25, 0.3) is 17.7 Å². The van der Waals surface area contributed by atoms with Crippen molar-refractivity contribution in [2.75, 3.05) is 53.5 Å². The molecule has 5 N–H and O–H groups in total. The number of hydrogen-bond acceptors (Lipinski definition) is 24. The third-order valence-electron chi connectivity index (χ3n) is 15.7. The van der Waals surface area contributed by atoms with Crippen LogP contribution in [0.4, 0.5) is 41.9 Å². The minimum absolute atomic E-state index is 0.0155.